The van der Waals surface area contributed by atoms with Crippen molar-refractivity contribution in [2.24, 2.45) is 10.7 Å². The number of aromatic nitrogens is 1. The molecule has 0 saturated heterocycles. The van der Waals surface area contributed by atoms with Gasteiger partial charge in [-0.05, 0) is 40.2 Å². The smallest absolute Gasteiger partial charge is 0.275 e. The molecule has 0 aliphatic carbocycles. The van der Waals surface area contributed by atoms with Crippen molar-refractivity contribution in [2.75, 3.05) is 18.5 Å². The summed E-state index contributed by atoms with van der Waals surface area (Å²) in [5.41, 5.74) is 2.76. The van der Waals surface area contributed by atoms with E-state index < -0.39 is 35.9 Å². The number of benzene rings is 1. The van der Waals surface area contributed by atoms with Crippen LogP contribution >= 0.6 is 27.5 Å². The third-order valence-corrected chi connectivity index (χ3v) is 4.71. The Morgan fingerprint density at radius 2 is 2.14 bits per heavy atom. The summed E-state index contributed by atoms with van der Waals surface area (Å²) >= 11 is 9.16. The maximum absolute atomic E-state index is 14.4. The number of ether oxygens (including phenoxy) is 1. The van der Waals surface area contributed by atoms with Crippen molar-refractivity contribution in [3.8, 4) is 0 Å². The van der Waals surface area contributed by atoms with E-state index in [0.717, 1.165) is 12.1 Å². The zero-order valence-corrected chi connectivity index (χ0v) is 16.4. The van der Waals surface area contributed by atoms with Crippen LogP contribution in [0.4, 0.5) is 18.9 Å². The Hall–Kier alpha value is -2.17. The van der Waals surface area contributed by atoms with Crippen molar-refractivity contribution in [3.63, 3.8) is 0 Å². The maximum atomic E-state index is 14.4. The van der Waals surface area contributed by atoms with Crippen LogP contribution in [0.25, 0.3) is 0 Å². The van der Waals surface area contributed by atoms with Gasteiger partial charge < -0.3 is 15.8 Å². The lowest BCUT2D eigenvalue weighted by Crippen LogP contribution is -2.45. The van der Waals surface area contributed by atoms with E-state index in [2.05, 4.69) is 31.2 Å². The molecule has 1 aromatic carbocycles. The van der Waals surface area contributed by atoms with E-state index in [0.29, 0.717) is 4.47 Å². The number of anilines is 1. The minimum absolute atomic E-state index is 0.0570. The molecule has 0 saturated carbocycles. The van der Waals surface area contributed by atoms with Gasteiger partial charge in [-0.25, -0.2) is 18.2 Å². The van der Waals surface area contributed by atoms with Crippen LogP contribution in [0.5, 0.6) is 0 Å². The molecule has 2 aromatic rings. The number of halogens is 5. The second-order valence-corrected chi connectivity index (χ2v) is 7.28. The summed E-state index contributed by atoms with van der Waals surface area (Å²) in [6.45, 7) is -0.681. The number of hydrogen-bond acceptors (Lipinski definition) is 5. The second kappa shape index (κ2) is 8.06. The van der Waals surface area contributed by atoms with Gasteiger partial charge in [0.2, 0.25) is 0 Å². The van der Waals surface area contributed by atoms with Gasteiger partial charge in [-0.15, -0.1) is 0 Å². The van der Waals surface area contributed by atoms with E-state index in [9.17, 15) is 18.0 Å². The lowest BCUT2D eigenvalue weighted by molar-refractivity contribution is -0.0145. The summed E-state index contributed by atoms with van der Waals surface area (Å²) in [5, 5.41) is 2.54. The fourth-order valence-electron chi connectivity index (χ4n) is 2.71. The predicted octanol–water partition coefficient (Wildman–Crippen LogP) is 3.74. The highest BCUT2D eigenvalue weighted by atomic mass is 79.9. The first kappa shape index (κ1) is 20.6. The Balaban J connectivity index is 1.97. The summed E-state index contributed by atoms with van der Waals surface area (Å²) in [6, 6.07) is 4.71. The van der Waals surface area contributed by atoms with Gasteiger partial charge in [0.1, 0.15) is 24.0 Å². The summed E-state index contributed by atoms with van der Waals surface area (Å²) in [6.07, 6.45) is -1.71. The van der Waals surface area contributed by atoms with Crippen molar-refractivity contribution in [1.82, 2.24) is 4.98 Å². The molecule has 1 amide bonds. The minimum atomic E-state index is -3.09. The van der Waals surface area contributed by atoms with E-state index in [4.69, 9.17) is 22.1 Å². The van der Waals surface area contributed by atoms with Gasteiger partial charge in [-0.2, -0.15) is 0 Å². The van der Waals surface area contributed by atoms with Crippen molar-refractivity contribution in [2.45, 2.75) is 12.0 Å². The Bertz CT molecular complexity index is 960. The third kappa shape index (κ3) is 3.98. The number of pyridine rings is 1. The third-order valence-electron chi connectivity index (χ3n) is 3.99. The summed E-state index contributed by atoms with van der Waals surface area (Å²) < 4.78 is 47.7. The molecule has 11 heteroatoms. The van der Waals surface area contributed by atoms with Gasteiger partial charge in [0.05, 0.1) is 11.6 Å². The van der Waals surface area contributed by atoms with Crippen molar-refractivity contribution >= 4 is 45.0 Å². The lowest BCUT2D eigenvalue weighted by atomic mass is 9.90. The van der Waals surface area contributed by atoms with Crippen molar-refractivity contribution in [1.29, 1.82) is 0 Å². The molecule has 6 nitrogen and oxygen atoms in total. The molecule has 0 radical (unpaired) electrons. The van der Waals surface area contributed by atoms with Crippen LogP contribution < -0.4 is 11.1 Å². The number of nitrogens with one attached hydrogen (secondary N) is 1. The molecule has 1 aliphatic rings. The largest absolute Gasteiger partial charge is 0.385 e. The van der Waals surface area contributed by atoms with Crippen LogP contribution in [0.1, 0.15) is 16.1 Å². The fraction of sp³-hybridized carbons (Fsp3) is 0.235. The Kier molecular flexibility index (Phi) is 5.92. The van der Waals surface area contributed by atoms with E-state index in [1.807, 2.05) is 0 Å². The number of nitrogens with zero attached hydrogens (tertiary/aromatic N) is 2. The predicted molar refractivity (Wildman–Crippen MR) is 101 cm³/mol. The average Bonchev–Trinajstić information content (AvgIpc) is 2.62. The second-order valence-electron chi connectivity index (χ2n) is 5.95. The highest BCUT2D eigenvalue weighted by Gasteiger charge is 2.46. The average molecular weight is 478 g/mol. The quantitative estimate of drug-likeness (QED) is 0.702. The summed E-state index contributed by atoms with van der Waals surface area (Å²) in [5.74, 6) is -1.80. The zero-order valence-electron chi connectivity index (χ0n) is 14.1. The van der Waals surface area contributed by atoms with Gasteiger partial charge >= 0.3 is 0 Å². The van der Waals surface area contributed by atoms with Gasteiger partial charge in [0.25, 0.3) is 12.3 Å². The van der Waals surface area contributed by atoms with E-state index in [-0.39, 0.29) is 28.8 Å². The first-order valence-electron chi connectivity index (χ1n) is 7.85. The number of alkyl halides is 2. The fourth-order valence-corrected chi connectivity index (χ4v) is 3.42. The monoisotopic (exact) mass is 476 g/mol. The van der Waals surface area contributed by atoms with E-state index in [1.54, 1.807) is 0 Å². The lowest BCUT2D eigenvalue weighted by Gasteiger charge is -2.33. The SMILES string of the molecule is NC1=N[C@@](c2cc(NC(=O)c3ncc(Br)cc3Cl)ccc2F)(C(F)F)COC1. The molecule has 3 N–H and O–H groups in total. The minimum Gasteiger partial charge on any atom is -0.385 e. The summed E-state index contributed by atoms with van der Waals surface area (Å²) in [7, 11) is 0. The van der Waals surface area contributed by atoms with E-state index >= 15 is 0 Å². The molecule has 1 aromatic heterocycles. The Morgan fingerprint density at radius 1 is 1.39 bits per heavy atom. The highest BCUT2D eigenvalue weighted by molar-refractivity contribution is 9.10. The van der Waals surface area contributed by atoms with Crippen molar-refractivity contribution in [3.05, 3.63) is 57.0 Å². The molecule has 0 fully saturated rings. The number of amides is 1. The molecule has 28 heavy (non-hydrogen) atoms. The number of rotatable bonds is 4. The standard InChI is InChI=1S/C17H13BrClF3N4O2/c18-8-3-11(19)14(24-5-8)15(27)25-9-1-2-12(20)10(4-9)17(16(21)22)7-28-6-13(23)26-17/h1-5,16H,6-7H2,(H2,23,26)(H,25,27)/t17-/m0/s1. The van der Waals surface area contributed by atoms with Gasteiger partial charge in [0.15, 0.2) is 5.54 Å². The van der Waals surface area contributed by atoms with Crippen LogP contribution in [0, 0.1) is 5.82 Å². The molecule has 2 heterocycles. The number of carbonyl (C=O) groups excluding carboxylic acids is 1. The van der Waals surface area contributed by atoms with Crippen LogP contribution in [0.2, 0.25) is 5.02 Å². The van der Waals surface area contributed by atoms with Crippen LogP contribution in [0.15, 0.2) is 39.9 Å². The Morgan fingerprint density at radius 3 is 2.79 bits per heavy atom. The number of amidine groups is 1. The zero-order chi connectivity index (χ0) is 20.5. The number of aliphatic imine (C=N–C) groups is 1. The maximum Gasteiger partial charge on any atom is 0.275 e. The molecule has 1 atom stereocenters. The normalized spacial score (nSPS) is 19.4. The van der Waals surface area contributed by atoms with Crippen LogP contribution in [-0.4, -0.2) is 36.4 Å². The van der Waals surface area contributed by atoms with Crippen LogP contribution in [0.3, 0.4) is 0 Å². The Labute approximate surface area is 171 Å². The van der Waals surface area contributed by atoms with Gasteiger partial charge in [0, 0.05) is 21.9 Å². The molecular weight excluding hydrogens is 465 g/mol. The molecule has 0 spiro atoms. The molecule has 0 bridgehead atoms. The van der Waals surface area contributed by atoms with Gasteiger partial charge in [-0.1, -0.05) is 11.6 Å². The molecular formula is C17H13BrClF3N4O2. The van der Waals surface area contributed by atoms with Crippen LogP contribution in [-0.2, 0) is 10.3 Å². The van der Waals surface area contributed by atoms with Crippen molar-refractivity contribution < 1.29 is 22.7 Å². The number of carbonyl (C=O) groups is 1. The molecule has 148 valence electrons. The molecule has 0 unspecified atom stereocenters. The first-order chi connectivity index (χ1) is 13.2. The number of nitrogens with two attached hydrogens (primary N) is 1. The molecule has 3 rings (SSSR count). The van der Waals surface area contributed by atoms with Gasteiger partial charge in [-0.3, -0.25) is 9.79 Å². The first-order valence-corrected chi connectivity index (χ1v) is 9.02. The number of hydrogen-bond donors (Lipinski definition) is 2. The molecule has 1 aliphatic heterocycles. The van der Waals surface area contributed by atoms with E-state index in [1.165, 1.54) is 18.3 Å². The summed E-state index contributed by atoms with van der Waals surface area (Å²) in [4.78, 5) is 20.1. The highest BCUT2D eigenvalue weighted by Crippen LogP contribution is 2.38. The topological polar surface area (TPSA) is 89.6 Å².